The van der Waals surface area contributed by atoms with E-state index < -0.39 is 21.7 Å². The van der Waals surface area contributed by atoms with Crippen LogP contribution in [0.4, 0.5) is 0 Å². The number of hydrogen-bond donors (Lipinski definition) is 1. The van der Waals surface area contributed by atoms with E-state index in [1.165, 1.54) is 4.31 Å². The lowest BCUT2D eigenvalue weighted by Crippen LogP contribution is -2.58. The number of β-amino-alcohol motifs (C(OH)–C–C–N with tert-alkyl or cyclic N) is 1. The molecule has 0 saturated carbocycles. The monoisotopic (exact) mass is 313 g/mol. The lowest BCUT2D eigenvalue weighted by Gasteiger charge is -2.41. The standard InChI is InChI=1S/C15H23NO4S/c1-3-11-21(18,19)16-10-9-14(15(2,17)12-16)20-13-7-5-4-6-8-13/h4-8,14,17H,3,9-12H2,1-2H3/t14-,15-/m0/s1. The van der Waals surface area contributed by atoms with E-state index in [1.807, 2.05) is 37.3 Å². The SMILES string of the molecule is CCCS(=O)(=O)N1CC[C@H](Oc2ccccc2)[C@@](C)(O)C1. The number of rotatable bonds is 5. The van der Waals surface area contributed by atoms with Crippen LogP contribution in [0.5, 0.6) is 5.75 Å². The first-order valence-electron chi connectivity index (χ1n) is 7.27. The van der Waals surface area contributed by atoms with Gasteiger partial charge in [0.2, 0.25) is 10.0 Å². The zero-order valence-corrected chi connectivity index (χ0v) is 13.3. The normalized spacial score (nSPS) is 27.5. The average Bonchev–Trinajstić information content (AvgIpc) is 2.42. The van der Waals surface area contributed by atoms with E-state index in [4.69, 9.17) is 4.74 Å². The summed E-state index contributed by atoms with van der Waals surface area (Å²) in [6.07, 6.45) is 0.642. The molecule has 0 aliphatic carbocycles. The number of para-hydroxylation sites is 1. The van der Waals surface area contributed by atoms with Gasteiger partial charge in [0.25, 0.3) is 0 Å². The molecule has 0 unspecified atom stereocenters. The van der Waals surface area contributed by atoms with Gasteiger partial charge in [0, 0.05) is 19.5 Å². The van der Waals surface area contributed by atoms with E-state index in [0.29, 0.717) is 25.1 Å². The fourth-order valence-electron chi connectivity index (χ4n) is 2.58. The fraction of sp³-hybridized carbons (Fsp3) is 0.600. The molecule has 0 bridgehead atoms. The first-order chi connectivity index (χ1) is 9.85. The van der Waals surface area contributed by atoms with Gasteiger partial charge in [0.05, 0.1) is 5.75 Å². The number of nitrogens with zero attached hydrogens (tertiary/aromatic N) is 1. The molecule has 1 aliphatic heterocycles. The van der Waals surface area contributed by atoms with Crippen molar-refractivity contribution in [1.29, 1.82) is 0 Å². The summed E-state index contributed by atoms with van der Waals surface area (Å²) in [5.74, 6) is 0.806. The molecule has 118 valence electrons. The Labute approximate surface area is 126 Å². The van der Waals surface area contributed by atoms with Crippen molar-refractivity contribution in [3.8, 4) is 5.75 Å². The summed E-state index contributed by atoms with van der Waals surface area (Å²) in [5, 5.41) is 10.6. The highest BCUT2D eigenvalue weighted by atomic mass is 32.2. The summed E-state index contributed by atoms with van der Waals surface area (Å²) in [4.78, 5) is 0. The first-order valence-corrected chi connectivity index (χ1v) is 8.88. The summed E-state index contributed by atoms with van der Waals surface area (Å²) >= 11 is 0. The molecule has 1 aromatic carbocycles. The number of aliphatic hydroxyl groups is 1. The summed E-state index contributed by atoms with van der Waals surface area (Å²) < 4.78 is 31.4. The minimum atomic E-state index is -3.28. The Morgan fingerprint density at radius 3 is 2.62 bits per heavy atom. The molecule has 0 aromatic heterocycles. The topological polar surface area (TPSA) is 66.8 Å². The second kappa shape index (κ2) is 6.34. The highest BCUT2D eigenvalue weighted by Crippen LogP contribution is 2.27. The first kappa shape index (κ1) is 16.3. The Morgan fingerprint density at radius 1 is 1.38 bits per heavy atom. The molecule has 2 rings (SSSR count). The maximum Gasteiger partial charge on any atom is 0.214 e. The minimum absolute atomic E-state index is 0.0762. The Hall–Kier alpha value is -1.11. The Bertz CT molecular complexity index is 556. The molecule has 0 radical (unpaired) electrons. The van der Waals surface area contributed by atoms with Crippen molar-refractivity contribution in [3.05, 3.63) is 30.3 Å². The van der Waals surface area contributed by atoms with Crippen LogP contribution < -0.4 is 4.74 Å². The van der Waals surface area contributed by atoms with Crippen molar-refractivity contribution in [3.63, 3.8) is 0 Å². The molecule has 2 atom stereocenters. The van der Waals surface area contributed by atoms with Crippen LogP contribution in [-0.2, 0) is 10.0 Å². The van der Waals surface area contributed by atoms with Crippen LogP contribution in [-0.4, -0.2) is 48.4 Å². The van der Waals surface area contributed by atoms with E-state index in [-0.39, 0.29) is 12.3 Å². The highest BCUT2D eigenvalue weighted by Gasteiger charge is 2.43. The van der Waals surface area contributed by atoms with Crippen molar-refractivity contribution < 1.29 is 18.3 Å². The second-order valence-electron chi connectivity index (χ2n) is 5.71. The van der Waals surface area contributed by atoms with Crippen LogP contribution in [0.2, 0.25) is 0 Å². The molecule has 1 aromatic rings. The van der Waals surface area contributed by atoms with Gasteiger partial charge >= 0.3 is 0 Å². The third kappa shape index (κ3) is 3.96. The quantitative estimate of drug-likeness (QED) is 0.897. The minimum Gasteiger partial charge on any atom is -0.487 e. The van der Waals surface area contributed by atoms with E-state index in [9.17, 15) is 13.5 Å². The molecule has 6 heteroatoms. The van der Waals surface area contributed by atoms with Gasteiger partial charge in [0.1, 0.15) is 17.5 Å². The maximum absolute atomic E-state index is 12.1. The Morgan fingerprint density at radius 2 is 2.05 bits per heavy atom. The van der Waals surface area contributed by atoms with Crippen LogP contribution >= 0.6 is 0 Å². The predicted molar refractivity (Wildman–Crippen MR) is 81.7 cm³/mol. The van der Waals surface area contributed by atoms with Gasteiger partial charge in [-0.25, -0.2) is 8.42 Å². The van der Waals surface area contributed by atoms with Gasteiger partial charge in [-0.05, 0) is 25.5 Å². The lowest BCUT2D eigenvalue weighted by molar-refractivity contribution is -0.0814. The number of ether oxygens (including phenoxy) is 1. The van der Waals surface area contributed by atoms with E-state index in [2.05, 4.69) is 0 Å². The molecule has 5 nitrogen and oxygen atoms in total. The fourth-order valence-corrected chi connectivity index (χ4v) is 4.20. The van der Waals surface area contributed by atoms with Gasteiger partial charge < -0.3 is 9.84 Å². The third-order valence-electron chi connectivity index (χ3n) is 3.71. The third-order valence-corrected chi connectivity index (χ3v) is 5.73. The van der Waals surface area contributed by atoms with Crippen LogP contribution in [0.25, 0.3) is 0 Å². The van der Waals surface area contributed by atoms with Crippen LogP contribution in [0, 0.1) is 0 Å². The van der Waals surface area contributed by atoms with Crippen molar-refractivity contribution in [2.45, 2.75) is 38.4 Å². The number of sulfonamides is 1. The van der Waals surface area contributed by atoms with Crippen molar-refractivity contribution in [1.82, 2.24) is 4.31 Å². The van der Waals surface area contributed by atoms with E-state index >= 15 is 0 Å². The van der Waals surface area contributed by atoms with Gasteiger partial charge in [-0.3, -0.25) is 0 Å². The lowest BCUT2D eigenvalue weighted by atomic mass is 9.93. The van der Waals surface area contributed by atoms with Crippen molar-refractivity contribution >= 4 is 10.0 Å². The van der Waals surface area contributed by atoms with Gasteiger partial charge in [-0.2, -0.15) is 4.31 Å². The molecular weight excluding hydrogens is 290 g/mol. The summed E-state index contributed by atoms with van der Waals surface area (Å²) in [5.41, 5.74) is -1.20. The summed E-state index contributed by atoms with van der Waals surface area (Å²) in [6.45, 7) is 3.93. The summed E-state index contributed by atoms with van der Waals surface area (Å²) in [7, 11) is -3.28. The number of benzene rings is 1. The maximum atomic E-state index is 12.1. The average molecular weight is 313 g/mol. The Balaban J connectivity index is 2.06. The second-order valence-corrected chi connectivity index (χ2v) is 7.80. The number of piperidine rings is 1. The summed E-state index contributed by atoms with van der Waals surface area (Å²) in [6, 6.07) is 9.28. The van der Waals surface area contributed by atoms with Gasteiger partial charge in [-0.1, -0.05) is 25.1 Å². The van der Waals surface area contributed by atoms with Gasteiger partial charge in [0.15, 0.2) is 0 Å². The van der Waals surface area contributed by atoms with Crippen LogP contribution in [0.3, 0.4) is 0 Å². The molecule has 0 amide bonds. The van der Waals surface area contributed by atoms with Gasteiger partial charge in [-0.15, -0.1) is 0 Å². The molecule has 1 saturated heterocycles. The molecule has 21 heavy (non-hydrogen) atoms. The molecule has 1 heterocycles. The Kier molecular flexibility index (Phi) is 4.91. The molecule has 0 spiro atoms. The van der Waals surface area contributed by atoms with Crippen LogP contribution in [0.15, 0.2) is 30.3 Å². The van der Waals surface area contributed by atoms with Crippen LogP contribution in [0.1, 0.15) is 26.7 Å². The molecular formula is C15H23NO4S. The molecule has 1 N–H and O–H groups in total. The smallest absolute Gasteiger partial charge is 0.214 e. The van der Waals surface area contributed by atoms with Crippen molar-refractivity contribution in [2.24, 2.45) is 0 Å². The predicted octanol–water partition coefficient (Wildman–Crippen LogP) is 1.63. The van der Waals surface area contributed by atoms with Crippen molar-refractivity contribution in [2.75, 3.05) is 18.8 Å². The van der Waals surface area contributed by atoms with E-state index in [1.54, 1.807) is 6.92 Å². The zero-order chi connectivity index (χ0) is 15.5. The number of hydrogen-bond acceptors (Lipinski definition) is 4. The zero-order valence-electron chi connectivity index (χ0n) is 12.5. The largest absolute Gasteiger partial charge is 0.487 e. The molecule has 1 aliphatic rings. The highest BCUT2D eigenvalue weighted by molar-refractivity contribution is 7.89. The molecule has 1 fully saturated rings. The van der Waals surface area contributed by atoms with E-state index in [0.717, 1.165) is 0 Å².